The Morgan fingerprint density at radius 3 is 2.58 bits per heavy atom. The Labute approximate surface area is 189 Å². The van der Waals surface area contributed by atoms with Crippen molar-refractivity contribution in [3.05, 3.63) is 83.3 Å². The average molecular weight is 448 g/mol. The number of benzene rings is 2. The van der Waals surface area contributed by atoms with Crippen LogP contribution in [0.2, 0.25) is 0 Å². The SMILES string of the molecule is Cc1cccc(-c2[nH]c(CNCCc3c(F)cccc3F)nc2-c2ccc3c(c2)OCO3)n1. The van der Waals surface area contributed by atoms with E-state index >= 15 is 0 Å². The van der Waals surface area contributed by atoms with E-state index in [2.05, 4.69) is 15.3 Å². The summed E-state index contributed by atoms with van der Waals surface area (Å²) in [5, 5.41) is 3.21. The van der Waals surface area contributed by atoms with E-state index in [-0.39, 0.29) is 18.8 Å². The number of nitrogens with zero attached hydrogens (tertiary/aromatic N) is 2. The smallest absolute Gasteiger partial charge is 0.231 e. The molecule has 0 saturated carbocycles. The molecule has 0 bridgehead atoms. The predicted molar refractivity (Wildman–Crippen MR) is 120 cm³/mol. The largest absolute Gasteiger partial charge is 0.454 e. The molecule has 0 spiro atoms. The highest BCUT2D eigenvalue weighted by Crippen LogP contribution is 2.38. The number of aryl methyl sites for hydroxylation is 1. The number of hydrogen-bond acceptors (Lipinski definition) is 5. The molecular weight excluding hydrogens is 426 g/mol. The highest BCUT2D eigenvalue weighted by Gasteiger charge is 2.19. The molecule has 2 N–H and O–H groups in total. The second-order valence-electron chi connectivity index (χ2n) is 7.77. The number of aromatic nitrogens is 3. The standard InChI is InChI=1S/C25H22F2N4O2/c1-15-4-2-7-20(29-15)25-24(16-8-9-21-22(12-16)33-14-32-21)30-23(31-25)13-28-11-10-17-18(26)5-3-6-19(17)27/h2-9,12,28H,10-11,13-14H2,1H3,(H,30,31). The Bertz CT molecular complexity index is 1290. The monoisotopic (exact) mass is 448 g/mol. The number of H-pyrrole nitrogens is 1. The minimum atomic E-state index is -0.535. The van der Waals surface area contributed by atoms with Gasteiger partial charge < -0.3 is 19.8 Å². The first-order chi connectivity index (χ1) is 16.1. The summed E-state index contributed by atoms with van der Waals surface area (Å²) in [6.07, 6.45) is 0.237. The molecule has 8 heteroatoms. The van der Waals surface area contributed by atoms with Gasteiger partial charge in [-0.15, -0.1) is 0 Å². The van der Waals surface area contributed by atoms with Gasteiger partial charge in [0.05, 0.1) is 23.6 Å². The predicted octanol–water partition coefficient (Wildman–Crippen LogP) is 4.79. The lowest BCUT2D eigenvalue weighted by Crippen LogP contribution is -2.18. The summed E-state index contributed by atoms with van der Waals surface area (Å²) in [4.78, 5) is 12.8. The van der Waals surface area contributed by atoms with Gasteiger partial charge in [-0.2, -0.15) is 0 Å². The van der Waals surface area contributed by atoms with Crippen LogP contribution in [0.25, 0.3) is 22.6 Å². The number of ether oxygens (including phenoxy) is 2. The zero-order chi connectivity index (χ0) is 22.8. The van der Waals surface area contributed by atoms with E-state index in [1.165, 1.54) is 18.2 Å². The molecule has 33 heavy (non-hydrogen) atoms. The molecule has 0 amide bonds. The van der Waals surface area contributed by atoms with Crippen LogP contribution in [0, 0.1) is 18.6 Å². The van der Waals surface area contributed by atoms with E-state index in [1.54, 1.807) is 0 Å². The van der Waals surface area contributed by atoms with Gasteiger partial charge in [0, 0.05) is 16.8 Å². The Balaban J connectivity index is 1.39. The summed E-state index contributed by atoms with van der Waals surface area (Å²) in [6, 6.07) is 15.4. The summed E-state index contributed by atoms with van der Waals surface area (Å²) in [7, 11) is 0. The van der Waals surface area contributed by atoms with Crippen LogP contribution in [0.5, 0.6) is 11.5 Å². The van der Waals surface area contributed by atoms with Gasteiger partial charge >= 0.3 is 0 Å². The summed E-state index contributed by atoms with van der Waals surface area (Å²) in [6.45, 7) is 2.93. The molecule has 0 atom stereocenters. The van der Waals surface area contributed by atoms with Crippen LogP contribution in [0.3, 0.4) is 0 Å². The zero-order valence-corrected chi connectivity index (χ0v) is 18.0. The molecule has 0 unspecified atom stereocenters. The maximum atomic E-state index is 13.8. The molecule has 5 rings (SSSR count). The number of fused-ring (bicyclic) bond motifs is 1. The van der Waals surface area contributed by atoms with Crippen molar-refractivity contribution >= 4 is 0 Å². The van der Waals surface area contributed by atoms with Gasteiger partial charge in [-0.1, -0.05) is 12.1 Å². The first-order valence-corrected chi connectivity index (χ1v) is 10.6. The fourth-order valence-corrected chi connectivity index (χ4v) is 3.82. The zero-order valence-electron chi connectivity index (χ0n) is 18.0. The Morgan fingerprint density at radius 1 is 0.970 bits per heavy atom. The Morgan fingerprint density at radius 2 is 1.76 bits per heavy atom. The van der Waals surface area contributed by atoms with Gasteiger partial charge in [-0.05, 0) is 62.4 Å². The van der Waals surface area contributed by atoms with Crippen molar-refractivity contribution < 1.29 is 18.3 Å². The molecule has 2 aromatic heterocycles. The molecule has 4 aromatic rings. The summed E-state index contributed by atoms with van der Waals surface area (Å²) in [5.41, 5.74) is 4.14. The van der Waals surface area contributed by atoms with Crippen LogP contribution in [0.15, 0.2) is 54.6 Å². The maximum absolute atomic E-state index is 13.8. The van der Waals surface area contributed by atoms with Crippen molar-refractivity contribution in [2.75, 3.05) is 13.3 Å². The van der Waals surface area contributed by atoms with Crippen LogP contribution in [0.4, 0.5) is 8.78 Å². The second-order valence-corrected chi connectivity index (χ2v) is 7.77. The van der Waals surface area contributed by atoms with Crippen LogP contribution in [-0.2, 0) is 13.0 Å². The lowest BCUT2D eigenvalue weighted by atomic mass is 10.1. The van der Waals surface area contributed by atoms with Crippen molar-refractivity contribution in [1.29, 1.82) is 0 Å². The van der Waals surface area contributed by atoms with E-state index in [0.29, 0.717) is 30.4 Å². The third-order valence-corrected chi connectivity index (χ3v) is 5.45. The van der Waals surface area contributed by atoms with Crippen molar-refractivity contribution in [2.45, 2.75) is 19.9 Å². The molecule has 0 radical (unpaired) electrons. The first kappa shape index (κ1) is 21.1. The van der Waals surface area contributed by atoms with Gasteiger partial charge in [-0.3, -0.25) is 4.98 Å². The minimum Gasteiger partial charge on any atom is -0.454 e. The number of halogens is 2. The lowest BCUT2D eigenvalue weighted by molar-refractivity contribution is 0.174. The number of imidazole rings is 1. The third kappa shape index (κ3) is 4.42. The highest BCUT2D eigenvalue weighted by molar-refractivity contribution is 5.78. The molecule has 0 saturated heterocycles. The molecule has 1 aliphatic rings. The highest BCUT2D eigenvalue weighted by atomic mass is 19.1. The number of rotatable bonds is 7. The van der Waals surface area contributed by atoms with E-state index in [1.807, 2.05) is 43.3 Å². The van der Waals surface area contributed by atoms with Gasteiger partial charge in [0.15, 0.2) is 11.5 Å². The van der Waals surface area contributed by atoms with Crippen LogP contribution >= 0.6 is 0 Å². The molecule has 3 heterocycles. The van der Waals surface area contributed by atoms with Crippen molar-refractivity contribution in [2.24, 2.45) is 0 Å². The van der Waals surface area contributed by atoms with Gasteiger partial charge in [0.1, 0.15) is 17.5 Å². The average Bonchev–Trinajstić information content (AvgIpc) is 3.45. The second kappa shape index (κ2) is 8.99. The minimum absolute atomic E-state index is 0.0788. The topological polar surface area (TPSA) is 72.1 Å². The molecule has 168 valence electrons. The van der Waals surface area contributed by atoms with E-state index < -0.39 is 11.6 Å². The van der Waals surface area contributed by atoms with E-state index in [0.717, 1.165) is 28.3 Å². The first-order valence-electron chi connectivity index (χ1n) is 10.6. The number of hydrogen-bond donors (Lipinski definition) is 2. The van der Waals surface area contributed by atoms with Crippen LogP contribution < -0.4 is 14.8 Å². The maximum Gasteiger partial charge on any atom is 0.231 e. The fourth-order valence-electron chi connectivity index (χ4n) is 3.82. The molecule has 2 aromatic carbocycles. The van der Waals surface area contributed by atoms with Crippen LogP contribution in [-0.4, -0.2) is 28.3 Å². The quantitative estimate of drug-likeness (QED) is 0.398. The van der Waals surface area contributed by atoms with Crippen molar-refractivity contribution in [3.63, 3.8) is 0 Å². The van der Waals surface area contributed by atoms with Gasteiger partial charge in [0.25, 0.3) is 0 Å². The number of pyridine rings is 1. The summed E-state index contributed by atoms with van der Waals surface area (Å²) < 4.78 is 38.6. The molecular formula is C25H22F2N4O2. The molecule has 6 nitrogen and oxygen atoms in total. The molecule has 0 fully saturated rings. The van der Waals surface area contributed by atoms with E-state index in [9.17, 15) is 8.78 Å². The third-order valence-electron chi connectivity index (χ3n) is 5.45. The fraction of sp³-hybridized carbons (Fsp3) is 0.200. The number of nitrogens with one attached hydrogen (secondary N) is 2. The van der Waals surface area contributed by atoms with Gasteiger partial charge in [-0.25, -0.2) is 13.8 Å². The van der Waals surface area contributed by atoms with Crippen LogP contribution in [0.1, 0.15) is 17.1 Å². The molecule has 1 aliphatic heterocycles. The van der Waals surface area contributed by atoms with Crippen molar-refractivity contribution in [1.82, 2.24) is 20.3 Å². The van der Waals surface area contributed by atoms with Crippen molar-refractivity contribution in [3.8, 4) is 34.1 Å². The normalized spacial score (nSPS) is 12.3. The Hall–Kier alpha value is -3.78. The Kier molecular flexibility index (Phi) is 5.75. The summed E-state index contributed by atoms with van der Waals surface area (Å²) in [5.74, 6) is 0.993. The summed E-state index contributed by atoms with van der Waals surface area (Å²) >= 11 is 0. The van der Waals surface area contributed by atoms with Gasteiger partial charge in [0.2, 0.25) is 6.79 Å². The lowest BCUT2D eigenvalue weighted by Gasteiger charge is -2.05. The van der Waals surface area contributed by atoms with E-state index in [4.69, 9.17) is 14.5 Å². The number of aromatic amines is 1. The molecule has 0 aliphatic carbocycles.